The van der Waals surface area contributed by atoms with Crippen LogP contribution in [-0.2, 0) is 9.09 Å². The molecule has 9 nitrogen and oxygen atoms in total. The summed E-state index contributed by atoms with van der Waals surface area (Å²) in [6, 6.07) is 0. The van der Waals surface area contributed by atoms with E-state index in [4.69, 9.17) is 23.8 Å². The molecule has 22 heavy (non-hydrogen) atoms. The van der Waals surface area contributed by atoms with E-state index in [0.717, 1.165) is 11.7 Å². The summed E-state index contributed by atoms with van der Waals surface area (Å²) in [7, 11) is -4.62. The molecule has 1 atom stereocenters. The van der Waals surface area contributed by atoms with Gasteiger partial charge in [-0.1, -0.05) is 0 Å². The molecule has 1 unspecified atom stereocenters. The van der Waals surface area contributed by atoms with Gasteiger partial charge in [0.05, 0.1) is 18.3 Å². The van der Waals surface area contributed by atoms with Crippen molar-refractivity contribution in [3.63, 3.8) is 0 Å². The fourth-order valence-corrected chi connectivity index (χ4v) is 2.37. The number of nitrogens with zero attached hydrogens (tertiary/aromatic N) is 2. The molecular formula is C11H22N3O6PS. The highest BCUT2D eigenvalue weighted by Gasteiger charge is 2.25. The van der Waals surface area contributed by atoms with Gasteiger partial charge in [0, 0.05) is 12.1 Å². The van der Waals surface area contributed by atoms with E-state index in [2.05, 4.69) is 14.1 Å². The molecule has 0 aromatic carbocycles. The lowest BCUT2D eigenvalue weighted by Gasteiger charge is -2.25. The van der Waals surface area contributed by atoms with Gasteiger partial charge in [-0.15, -0.1) is 8.75 Å². The second kappa shape index (κ2) is 8.19. The second-order valence-electron chi connectivity index (χ2n) is 5.47. The Labute approximate surface area is 133 Å². The van der Waals surface area contributed by atoms with Gasteiger partial charge in [0.15, 0.2) is 0 Å². The van der Waals surface area contributed by atoms with Crippen LogP contribution in [0.25, 0.3) is 0 Å². The van der Waals surface area contributed by atoms with E-state index < -0.39 is 13.9 Å². The number of aromatic nitrogens is 2. The molecule has 0 spiro atoms. The first-order valence-electron chi connectivity index (χ1n) is 6.68. The molecule has 0 fully saturated rings. The summed E-state index contributed by atoms with van der Waals surface area (Å²) < 4.78 is 34.2. The van der Waals surface area contributed by atoms with Crippen molar-refractivity contribution in [3.8, 4) is 11.8 Å². The second-order valence-corrected chi connectivity index (χ2v) is 7.19. The quantitative estimate of drug-likeness (QED) is 0.560. The van der Waals surface area contributed by atoms with Crippen molar-refractivity contribution in [1.82, 2.24) is 14.1 Å². The number of phosphoric acid groups is 1. The van der Waals surface area contributed by atoms with Crippen LogP contribution in [-0.4, -0.2) is 49.9 Å². The van der Waals surface area contributed by atoms with Crippen LogP contribution in [0.15, 0.2) is 0 Å². The van der Waals surface area contributed by atoms with Gasteiger partial charge in [0.25, 0.3) is 11.8 Å². The van der Waals surface area contributed by atoms with E-state index in [0.29, 0.717) is 6.61 Å². The van der Waals surface area contributed by atoms with Crippen molar-refractivity contribution >= 4 is 19.6 Å². The highest BCUT2D eigenvalue weighted by Crippen LogP contribution is 2.37. The normalized spacial score (nSPS) is 13.9. The predicted molar refractivity (Wildman–Crippen MR) is 81.2 cm³/mol. The van der Waals surface area contributed by atoms with Crippen molar-refractivity contribution < 1.29 is 28.3 Å². The Morgan fingerprint density at radius 1 is 1.27 bits per heavy atom. The highest BCUT2D eigenvalue weighted by atomic mass is 32.1. The minimum absolute atomic E-state index is 0.0975. The Morgan fingerprint density at radius 3 is 2.36 bits per heavy atom. The minimum Gasteiger partial charge on any atom is -0.473 e. The smallest absolute Gasteiger partial charge is 0.470 e. The number of nitrogens with one attached hydrogen (secondary N) is 1. The molecule has 0 aliphatic heterocycles. The van der Waals surface area contributed by atoms with E-state index in [1.165, 1.54) is 0 Å². The Bertz CT molecular complexity index is 500. The van der Waals surface area contributed by atoms with Crippen LogP contribution < -0.4 is 14.8 Å². The van der Waals surface area contributed by atoms with E-state index in [-0.39, 0.29) is 30.5 Å². The standard InChI is InChI=1S/C11H22N3O6PS/c1-5-18-9-10(14-22-13-9)19-7-8(20-21(15,16)17)6-12-11(2,3)4/h8,12H,5-7H2,1-4H3,(H2,15,16,17). The summed E-state index contributed by atoms with van der Waals surface area (Å²) >= 11 is 0.929. The first kappa shape index (κ1) is 19.3. The predicted octanol–water partition coefficient (Wildman–Crippen LogP) is 1.18. The van der Waals surface area contributed by atoms with Gasteiger partial charge in [-0.25, -0.2) is 4.57 Å². The van der Waals surface area contributed by atoms with E-state index in [1.54, 1.807) is 6.92 Å². The van der Waals surface area contributed by atoms with Gasteiger partial charge in [0.1, 0.15) is 12.7 Å². The van der Waals surface area contributed by atoms with Crippen LogP contribution in [0.2, 0.25) is 0 Å². The highest BCUT2D eigenvalue weighted by molar-refractivity contribution is 7.46. The van der Waals surface area contributed by atoms with Crippen molar-refractivity contribution in [2.24, 2.45) is 0 Å². The first-order chi connectivity index (χ1) is 10.1. The minimum atomic E-state index is -4.62. The van der Waals surface area contributed by atoms with Gasteiger partial charge in [0.2, 0.25) is 0 Å². The number of phosphoric ester groups is 1. The van der Waals surface area contributed by atoms with Crippen LogP contribution >= 0.6 is 19.6 Å². The molecule has 0 saturated heterocycles. The molecule has 0 aliphatic rings. The Hall–Kier alpha value is -0.770. The van der Waals surface area contributed by atoms with Crippen molar-refractivity contribution in [2.45, 2.75) is 39.3 Å². The Morgan fingerprint density at radius 2 is 1.86 bits per heavy atom. The molecule has 128 valence electrons. The van der Waals surface area contributed by atoms with Gasteiger partial charge in [-0.3, -0.25) is 4.52 Å². The maximum absolute atomic E-state index is 11.0. The number of hydrogen-bond donors (Lipinski definition) is 3. The zero-order valence-electron chi connectivity index (χ0n) is 13.0. The Kier molecular flexibility index (Phi) is 7.17. The number of rotatable bonds is 9. The molecule has 0 radical (unpaired) electrons. The topological polar surface area (TPSA) is 123 Å². The summed E-state index contributed by atoms with van der Waals surface area (Å²) in [5.74, 6) is 0.438. The molecule has 1 aromatic heterocycles. The first-order valence-corrected chi connectivity index (χ1v) is 8.94. The third-order valence-electron chi connectivity index (χ3n) is 2.26. The van der Waals surface area contributed by atoms with E-state index >= 15 is 0 Å². The number of hydrogen-bond acceptors (Lipinski definition) is 8. The SMILES string of the molecule is CCOc1nsnc1OCC(CNC(C)(C)C)OP(=O)(O)O. The summed E-state index contributed by atoms with van der Waals surface area (Å²) in [5, 5.41) is 3.10. The van der Waals surface area contributed by atoms with Crippen LogP contribution in [0.5, 0.6) is 11.8 Å². The molecule has 11 heteroatoms. The average Bonchev–Trinajstić information content (AvgIpc) is 2.78. The third-order valence-corrected chi connectivity index (χ3v) is 3.33. The number of ether oxygens (including phenoxy) is 2. The lowest BCUT2D eigenvalue weighted by Crippen LogP contribution is -2.43. The molecule has 1 heterocycles. The lowest BCUT2D eigenvalue weighted by molar-refractivity contribution is 0.0813. The molecule has 1 rings (SSSR count). The lowest BCUT2D eigenvalue weighted by atomic mass is 10.1. The zero-order valence-corrected chi connectivity index (χ0v) is 14.7. The third kappa shape index (κ3) is 8.02. The molecule has 0 aliphatic carbocycles. The van der Waals surface area contributed by atoms with Gasteiger partial charge < -0.3 is 24.6 Å². The van der Waals surface area contributed by atoms with Crippen LogP contribution in [0, 0.1) is 0 Å². The summed E-state index contributed by atoms with van der Waals surface area (Å²) in [6.07, 6.45) is -0.851. The van der Waals surface area contributed by atoms with Crippen LogP contribution in [0.3, 0.4) is 0 Å². The van der Waals surface area contributed by atoms with Gasteiger partial charge >= 0.3 is 7.82 Å². The monoisotopic (exact) mass is 355 g/mol. The van der Waals surface area contributed by atoms with E-state index in [1.807, 2.05) is 20.8 Å². The maximum atomic E-state index is 11.0. The zero-order chi connectivity index (χ0) is 16.8. The maximum Gasteiger partial charge on any atom is 0.470 e. The molecule has 1 aromatic rings. The Balaban J connectivity index is 2.63. The van der Waals surface area contributed by atoms with Gasteiger partial charge in [-0.2, -0.15) is 0 Å². The summed E-state index contributed by atoms with van der Waals surface area (Å²) in [6.45, 7) is 8.11. The fraction of sp³-hybridized carbons (Fsp3) is 0.818. The summed E-state index contributed by atoms with van der Waals surface area (Å²) in [5.41, 5.74) is -0.227. The summed E-state index contributed by atoms with van der Waals surface area (Å²) in [4.78, 5) is 17.9. The largest absolute Gasteiger partial charge is 0.473 e. The van der Waals surface area contributed by atoms with Crippen molar-refractivity contribution in [3.05, 3.63) is 0 Å². The van der Waals surface area contributed by atoms with Gasteiger partial charge in [-0.05, 0) is 27.7 Å². The fourth-order valence-electron chi connectivity index (χ4n) is 1.40. The van der Waals surface area contributed by atoms with Crippen LogP contribution in [0.1, 0.15) is 27.7 Å². The molecule has 0 saturated carbocycles. The molecule has 0 bridgehead atoms. The van der Waals surface area contributed by atoms with E-state index in [9.17, 15) is 4.57 Å². The molecular weight excluding hydrogens is 333 g/mol. The molecule has 3 N–H and O–H groups in total. The van der Waals surface area contributed by atoms with Crippen molar-refractivity contribution in [2.75, 3.05) is 19.8 Å². The molecule has 0 amide bonds. The average molecular weight is 355 g/mol. The van der Waals surface area contributed by atoms with Crippen molar-refractivity contribution in [1.29, 1.82) is 0 Å². The van der Waals surface area contributed by atoms with Crippen LogP contribution in [0.4, 0.5) is 0 Å².